The number of carbonyl (C=O) groups is 3. The van der Waals surface area contributed by atoms with Gasteiger partial charge < -0.3 is 24.4 Å². The van der Waals surface area contributed by atoms with Crippen LogP contribution in [-0.2, 0) is 23.9 Å². The quantitative estimate of drug-likeness (QED) is 0.251. The van der Waals surface area contributed by atoms with Crippen molar-refractivity contribution in [2.24, 2.45) is 17.8 Å². The summed E-state index contributed by atoms with van der Waals surface area (Å²) >= 11 is 0. The number of likely N-dealkylation sites (tertiary alicyclic amines) is 1. The van der Waals surface area contributed by atoms with E-state index in [0.29, 0.717) is 24.9 Å². The molecular formula is C33H40N2O6. The molecular weight excluding hydrogens is 520 g/mol. The Hall–Kier alpha value is -3.49. The van der Waals surface area contributed by atoms with Gasteiger partial charge in [0.15, 0.2) is 0 Å². The lowest BCUT2D eigenvalue weighted by Gasteiger charge is -2.39. The molecule has 8 nitrogen and oxygen atoms in total. The minimum absolute atomic E-state index is 0.110. The number of carbonyl (C=O) groups excluding carboxylic acids is 3. The van der Waals surface area contributed by atoms with Gasteiger partial charge in [-0.05, 0) is 55.0 Å². The zero-order chi connectivity index (χ0) is 29.5. The molecule has 0 aromatic heterocycles. The van der Waals surface area contributed by atoms with Crippen LogP contribution >= 0.6 is 0 Å². The fraction of sp³-hybridized carbons (Fsp3) is 0.485. The van der Waals surface area contributed by atoms with Crippen LogP contribution in [0, 0.1) is 17.8 Å². The molecule has 3 unspecified atom stereocenters. The molecule has 5 rings (SSSR count). The number of nitrogens with zero attached hydrogens (tertiary/aromatic N) is 2. The molecule has 0 saturated carbocycles. The summed E-state index contributed by atoms with van der Waals surface area (Å²) in [5.74, 6) is -3.03. The Morgan fingerprint density at radius 2 is 1.95 bits per heavy atom. The highest BCUT2D eigenvalue weighted by atomic mass is 16.6. The summed E-state index contributed by atoms with van der Waals surface area (Å²) in [6.07, 6.45) is 4.69. The molecule has 0 radical (unpaired) electrons. The second-order valence-electron chi connectivity index (χ2n) is 11.7. The number of rotatable bonds is 11. The van der Waals surface area contributed by atoms with Gasteiger partial charge in [0.2, 0.25) is 5.91 Å². The lowest BCUT2D eigenvalue weighted by Crippen LogP contribution is -2.59. The number of esters is 1. The van der Waals surface area contributed by atoms with E-state index in [1.54, 1.807) is 17.1 Å². The summed E-state index contributed by atoms with van der Waals surface area (Å²) in [7, 11) is 0. The molecule has 1 spiro atoms. The first-order valence-electron chi connectivity index (χ1n) is 14.5. The van der Waals surface area contributed by atoms with Crippen LogP contribution in [0.1, 0.15) is 40.0 Å². The predicted molar refractivity (Wildman–Crippen MR) is 157 cm³/mol. The van der Waals surface area contributed by atoms with Crippen LogP contribution < -0.4 is 4.90 Å². The summed E-state index contributed by atoms with van der Waals surface area (Å²) in [4.78, 5) is 45.8. The van der Waals surface area contributed by atoms with Gasteiger partial charge in [-0.3, -0.25) is 14.4 Å². The van der Waals surface area contributed by atoms with Crippen LogP contribution in [0.5, 0.6) is 0 Å². The van der Waals surface area contributed by atoms with E-state index in [4.69, 9.17) is 9.47 Å². The summed E-state index contributed by atoms with van der Waals surface area (Å²) in [5.41, 5.74) is -1.53. The fourth-order valence-corrected chi connectivity index (χ4v) is 7.40. The van der Waals surface area contributed by atoms with E-state index in [0.717, 1.165) is 10.8 Å². The summed E-state index contributed by atoms with van der Waals surface area (Å²) < 4.78 is 12.4. The first kappa shape index (κ1) is 29.0. The highest BCUT2D eigenvalue weighted by molar-refractivity contribution is 6.05. The van der Waals surface area contributed by atoms with Crippen molar-refractivity contribution in [3.8, 4) is 0 Å². The first-order valence-corrected chi connectivity index (χ1v) is 14.5. The standard InChI is InChI=1S/C33H40N2O6/c1-6-9-17-40-31(39)27-26-29(37)35(24(8-3)20-36)28(33(26)19-21(4)32(27,5)41-33)30(38)34(16-7-2)25-15-14-22-12-10-11-13-23(22)18-25/h6-7,10-15,18,21,24,26-28,36H,1-2,8-9,16-17,19-20H2,3-5H3/t21?,24-,26-,27-,28?,32+,33?/m0/s1. The van der Waals surface area contributed by atoms with Crippen molar-refractivity contribution in [3.05, 3.63) is 67.8 Å². The highest BCUT2D eigenvalue weighted by Gasteiger charge is 2.80. The Bertz CT molecular complexity index is 1370. The van der Waals surface area contributed by atoms with Crippen LogP contribution in [-0.4, -0.2) is 70.8 Å². The zero-order valence-electron chi connectivity index (χ0n) is 24.1. The number of aliphatic hydroxyl groups is 1. The van der Waals surface area contributed by atoms with E-state index >= 15 is 0 Å². The second kappa shape index (κ2) is 11.1. The van der Waals surface area contributed by atoms with Crippen molar-refractivity contribution in [2.75, 3.05) is 24.7 Å². The minimum atomic E-state index is -1.23. The van der Waals surface area contributed by atoms with Crippen molar-refractivity contribution >= 4 is 34.2 Å². The van der Waals surface area contributed by atoms with Crippen molar-refractivity contribution in [1.29, 1.82) is 0 Å². The fourth-order valence-electron chi connectivity index (χ4n) is 7.40. The number of hydrogen-bond acceptors (Lipinski definition) is 6. The van der Waals surface area contributed by atoms with Crippen LogP contribution in [0.2, 0.25) is 0 Å². The maximum absolute atomic E-state index is 14.8. The molecule has 3 aliphatic rings. The molecule has 3 fully saturated rings. The number of aliphatic hydroxyl groups excluding tert-OH is 1. The number of ether oxygens (including phenoxy) is 2. The van der Waals surface area contributed by atoms with Crippen LogP contribution in [0.25, 0.3) is 10.8 Å². The highest BCUT2D eigenvalue weighted by Crippen LogP contribution is 2.65. The van der Waals surface area contributed by atoms with Crippen molar-refractivity contribution < 1.29 is 29.0 Å². The predicted octanol–water partition coefficient (Wildman–Crippen LogP) is 4.26. The van der Waals surface area contributed by atoms with E-state index in [1.165, 1.54) is 4.90 Å². The van der Waals surface area contributed by atoms with Gasteiger partial charge in [0.1, 0.15) is 17.6 Å². The Morgan fingerprint density at radius 1 is 1.22 bits per heavy atom. The average Bonchev–Trinajstić information content (AvgIpc) is 3.48. The number of fused-ring (bicyclic) bond motifs is 2. The second-order valence-corrected chi connectivity index (χ2v) is 11.7. The third kappa shape index (κ3) is 4.39. The van der Waals surface area contributed by atoms with Gasteiger partial charge in [-0.25, -0.2) is 0 Å². The molecule has 2 amide bonds. The Kier molecular flexibility index (Phi) is 7.83. The van der Waals surface area contributed by atoms with Gasteiger partial charge in [0, 0.05) is 12.2 Å². The molecule has 218 valence electrons. The maximum Gasteiger partial charge on any atom is 0.312 e. The van der Waals surface area contributed by atoms with E-state index in [1.807, 2.05) is 63.2 Å². The minimum Gasteiger partial charge on any atom is -0.465 e. The number of benzene rings is 2. The molecule has 2 bridgehead atoms. The van der Waals surface area contributed by atoms with Gasteiger partial charge in [0.25, 0.3) is 5.91 Å². The van der Waals surface area contributed by atoms with Gasteiger partial charge in [-0.2, -0.15) is 0 Å². The molecule has 3 aliphatic heterocycles. The number of hydrogen-bond donors (Lipinski definition) is 1. The Labute approximate surface area is 241 Å². The maximum atomic E-state index is 14.8. The number of amides is 2. The van der Waals surface area contributed by atoms with E-state index in [2.05, 4.69) is 13.2 Å². The summed E-state index contributed by atoms with van der Waals surface area (Å²) in [6, 6.07) is 12.1. The molecule has 3 saturated heterocycles. The van der Waals surface area contributed by atoms with Gasteiger partial charge in [0.05, 0.1) is 30.8 Å². The Morgan fingerprint density at radius 3 is 2.61 bits per heavy atom. The van der Waals surface area contributed by atoms with Gasteiger partial charge >= 0.3 is 5.97 Å². The lowest BCUT2D eigenvalue weighted by atomic mass is 9.62. The van der Waals surface area contributed by atoms with E-state index < -0.39 is 41.1 Å². The van der Waals surface area contributed by atoms with Crippen molar-refractivity contribution in [2.45, 2.75) is 63.3 Å². The van der Waals surface area contributed by atoms with Gasteiger partial charge in [-0.1, -0.05) is 56.3 Å². The van der Waals surface area contributed by atoms with Crippen LogP contribution in [0.4, 0.5) is 5.69 Å². The Balaban J connectivity index is 1.62. The summed E-state index contributed by atoms with van der Waals surface area (Å²) in [5, 5.41) is 12.4. The monoisotopic (exact) mass is 560 g/mol. The SMILES string of the molecule is C=CCCOC(=O)[C@@H]1[C@H]2C(=O)N([C@@H](CC)CO)C(C(=O)N(CC=C)c3ccc4ccccc4c3)C23CC(C)[C@@]1(C)O3. The normalized spacial score (nSPS) is 30.7. The third-order valence-corrected chi connectivity index (χ3v) is 9.50. The molecule has 41 heavy (non-hydrogen) atoms. The van der Waals surface area contributed by atoms with Gasteiger partial charge in [-0.15, -0.1) is 13.2 Å². The molecule has 8 heteroatoms. The van der Waals surface area contributed by atoms with Crippen molar-refractivity contribution in [3.63, 3.8) is 0 Å². The average molecular weight is 561 g/mol. The van der Waals surface area contributed by atoms with Crippen molar-refractivity contribution in [1.82, 2.24) is 4.90 Å². The smallest absolute Gasteiger partial charge is 0.312 e. The molecule has 3 heterocycles. The molecule has 1 N–H and O–H groups in total. The molecule has 7 atom stereocenters. The first-order chi connectivity index (χ1) is 19.7. The lowest BCUT2D eigenvalue weighted by molar-refractivity contribution is -0.162. The molecule has 2 aromatic carbocycles. The zero-order valence-corrected chi connectivity index (χ0v) is 24.1. The van der Waals surface area contributed by atoms with Crippen LogP contribution in [0.3, 0.4) is 0 Å². The third-order valence-electron chi connectivity index (χ3n) is 9.50. The van der Waals surface area contributed by atoms with E-state index in [9.17, 15) is 19.5 Å². The topological polar surface area (TPSA) is 96.4 Å². The largest absolute Gasteiger partial charge is 0.465 e. The van der Waals surface area contributed by atoms with Crippen LogP contribution in [0.15, 0.2) is 67.8 Å². The van der Waals surface area contributed by atoms with E-state index in [-0.39, 0.29) is 37.5 Å². The molecule has 0 aliphatic carbocycles. The molecule has 2 aromatic rings. The number of anilines is 1. The summed E-state index contributed by atoms with van der Waals surface area (Å²) in [6.45, 7) is 13.4.